The first kappa shape index (κ1) is 8.75. The molecule has 2 nitrogen and oxygen atoms in total. The Bertz CT molecular complexity index is 393. The van der Waals surface area contributed by atoms with E-state index < -0.39 is 0 Å². The SMILES string of the molecule is Oc1ccccc1C=NC1C=CC=C1. The lowest BCUT2D eigenvalue weighted by atomic mass is 10.2. The summed E-state index contributed by atoms with van der Waals surface area (Å²) in [5.74, 6) is 0.266. The number of aliphatic imine (C=N–C) groups is 1. The summed E-state index contributed by atoms with van der Waals surface area (Å²) in [5, 5.41) is 9.46. The van der Waals surface area contributed by atoms with Crippen LogP contribution in [0.1, 0.15) is 5.56 Å². The topological polar surface area (TPSA) is 32.6 Å². The summed E-state index contributed by atoms with van der Waals surface area (Å²) >= 11 is 0. The molecule has 1 aromatic rings. The number of allylic oxidation sites excluding steroid dienone is 2. The lowest BCUT2D eigenvalue weighted by Gasteiger charge is -1.98. The molecule has 0 bridgehead atoms. The van der Waals surface area contributed by atoms with Crippen molar-refractivity contribution < 1.29 is 5.11 Å². The molecule has 0 radical (unpaired) electrons. The Hall–Kier alpha value is -1.83. The molecule has 0 heterocycles. The highest BCUT2D eigenvalue weighted by molar-refractivity contribution is 5.83. The number of rotatable bonds is 2. The molecule has 14 heavy (non-hydrogen) atoms. The lowest BCUT2D eigenvalue weighted by molar-refractivity contribution is 0.474. The molecule has 0 saturated carbocycles. The molecule has 0 unspecified atom stereocenters. The van der Waals surface area contributed by atoms with Crippen LogP contribution in [0.5, 0.6) is 5.75 Å². The highest BCUT2D eigenvalue weighted by Gasteiger charge is 1.99. The van der Waals surface area contributed by atoms with E-state index in [1.54, 1.807) is 18.3 Å². The van der Waals surface area contributed by atoms with Crippen LogP contribution >= 0.6 is 0 Å². The largest absolute Gasteiger partial charge is 0.507 e. The number of phenolic OH excluding ortho intramolecular Hbond substituents is 1. The predicted octanol–water partition coefficient (Wildman–Crippen LogP) is 2.31. The number of benzene rings is 1. The van der Waals surface area contributed by atoms with E-state index in [-0.39, 0.29) is 11.8 Å². The maximum Gasteiger partial charge on any atom is 0.124 e. The third-order valence-electron chi connectivity index (χ3n) is 2.05. The van der Waals surface area contributed by atoms with Gasteiger partial charge in [0.1, 0.15) is 5.75 Å². The van der Waals surface area contributed by atoms with Gasteiger partial charge in [0.2, 0.25) is 0 Å². The van der Waals surface area contributed by atoms with E-state index in [4.69, 9.17) is 0 Å². The molecule has 1 aromatic carbocycles. The van der Waals surface area contributed by atoms with Crippen molar-refractivity contribution in [3.63, 3.8) is 0 Å². The van der Waals surface area contributed by atoms with Crippen molar-refractivity contribution in [3.05, 3.63) is 54.1 Å². The second kappa shape index (κ2) is 3.92. The van der Waals surface area contributed by atoms with Crippen molar-refractivity contribution in [2.75, 3.05) is 0 Å². The highest BCUT2D eigenvalue weighted by atomic mass is 16.3. The summed E-state index contributed by atoms with van der Waals surface area (Å²) in [6, 6.07) is 7.28. The van der Waals surface area contributed by atoms with Gasteiger partial charge in [0.25, 0.3) is 0 Å². The molecule has 1 aliphatic rings. The van der Waals surface area contributed by atoms with Crippen LogP contribution in [-0.2, 0) is 0 Å². The quantitative estimate of drug-likeness (QED) is 0.704. The molecule has 0 atom stereocenters. The minimum atomic E-state index is 0.120. The molecule has 2 heteroatoms. The van der Waals surface area contributed by atoms with E-state index in [0.29, 0.717) is 0 Å². The Morgan fingerprint density at radius 2 is 1.86 bits per heavy atom. The third kappa shape index (κ3) is 1.91. The molecule has 1 aliphatic carbocycles. The number of para-hydroxylation sites is 1. The molecule has 0 aliphatic heterocycles. The second-order valence-electron chi connectivity index (χ2n) is 3.10. The Morgan fingerprint density at radius 3 is 2.57 bits per heavy atom. The molecule has 0 fully saturated rings. The van der Waals surface area contributed by atoms with Crippen molar-refractivity contribution in [2.45, 2.75) is 6.04 Å². The summed E-state index contributed by atoms with van der Waals surface area (Å²) in [4.78, 5) is 4.30. The van der Waals surface area contributed by atoms with Crippen molar-refractivity contribution >= 4 is 6.21 Å². The zero-order chi connectivity index (χ0) is 9.80. The normalized spacial score (nSPS) is 15.7. The number of phenols is 1. The zero-order valence-corrected chi connectivity index (χ0v) is 7.67. The number of aromatic hydroxyl groups is 1. The molecule has 0 amide bonds. The smallest absolute Gasteiger partial charge is 0.124 e. The van der Waals surface area contributed by atoms with Crippen LogP contribution in [0.4, 0.5) is 0 Å². The molecule has 0 aromatic heterocycles. The Kier molecular flexibility index (Phi) is 2.45. The van der Waals surface area contributed by atoms with Gasteiger partial charge in [0.15, 0.2) is 0 Å². The van der Waals surface area contributed by atoms with Gasteiger partial charge in [-0.25, -0.2) is 0 Å². The molecule has 1 N–H and O–H groups in total. The van der Waals surface area contributed by atoms with Gasteiger partial charge in [-0.3, -0.25) is 4.99 Å². The first-order chi connectivity index (χ1) is 6.86. The first-order valence-corrected chi connectivity index (χ1v) is 4.52. The van der Waals surface area contributed by atoms with Gasteiger partial charge in [-0.1, -0.05) is 36.4 Å². The summed E-state index contributed by atoms with van der Waals surface area (Å²) in [6.07, 6.45) is 9.62. The Labute approximate surface area is 82.9 Å². The molecule has 0 spiro atoms. The zero-order valence-electron chi connectivity index (χ0n) is 7.67. The fourth-order valence-corrected chi connectivity index (χ4v) is 1.28. The van der Waals surface area contributed by atoms with Gasteiger partial charge < -0.3 is 5.11 Å². The fraction of sp³-hybridized carbons (Fsp3) is 0.0833. The maximum absolute atomic E-state index is 9.46. The van der Waals surface area contributed by atoms with Gasteiger partial charge in [-0.05, 0) is 12.1 Å². The average Bonchev–Trinajstić information content (AvgIpc) is 2.69. The van der Waals surface area contributed by atoms with Crippen LogP contribution < -0.4 is 0 Å². The summed E-state index contributed by atoms with van der Waals surface area (Å²) in [6.45, 7) is 0. The van der Waals surface area contributed by atoms with Crippen LogP contribution in [0.3, 0.4) is 0 Å². The van der Waals surface area contributed by atoms with Crippen LogP contribution in [-0.4, -0.2) is 17.4 Å². The third-order valence-corrected chi connectivity index (χ3v) is 2.05. The Balaban J connectivity index is 2.14. The van der Waals surface area contributed by atoms with Gasteiger partial charge in [-0.15, -0.1) is 0 Å². The van der Waals surface area contributed by atoms with Crippen molar-refractivity contribution in [2.24, 2.45) is 4.99 Å². The van der Waals surface area contributed by atoms with Gasteiger partial charge in [0, 0.05) is 11.8 Å². The van der Waals surface area contributed by atoms with Gasteiger partial charge >= 0.3 is 0 Å². The van der Waals surface area contributed by atoms with E-state index in [1.807, 2.05) is 36.4 Å². The van der Waals surface area contributed by atoms with Crippen LogP contribution in [0.25, 0.3) is 0 Å². The molecular formula is C12H11NO. The Morgan fingerprint density at radius 1 is 1.14 bits per heavy atom. The summed E-state index contributed by atoms with van der Waals surface area (Å²) in [7, 11) is 0. The summed E-state index contributed by atoms with van der Waals surface area (Å²) in [5.41, 5.74) is 0.751. The van der Waals surface area contributed by atoms with Crippen LogP contribution in [0, 0.1) is 0 Å². The lowest BCUT2D eigenvalue weighted by Crippen LogP contribution is -1.92. The predicted molar refractivity (Wildman–Crippen MR) is 57.8 cm³/mol. The highest BCUT2D eigenvalue weighted by Crippen LogP contribution is 2.13. The van der Waals surface area contributed by atoms with Gasteiger partial charge in [-0.2, -0.15) is 0 Å². The van der Waals surface area contributed by atoms with Crippen molar-refractivity contribution in [3.8, 4) is 5.75 Å². The van der Waals surface area contributed by atoms with Crippen molar-refractivity contribution in [1.82, 2.24) is 0 Å². The molecular weight excluding hydrogens is 174 g/mol. The monoisotopic (exact) mass is 185 g/mol. The van der Waals surface area contributed by atoms with Crippen molar-refractivity contribution in [1.29, 1.82) is 0 Å². The fourth-order valence-electron chi connectivity index (χ4n) is 1.28. The van der Waals surface area contributed by atoms with E-state index in [0.717, 1.165) is 5.56 Å². The van der Waals surface area contributed by atoms with Crippen LogP contribution in [0.2, 0.25) is 0 Å². The van der Waals surface area contributed by atoms with Crippen LogP contribution in [0.15, 0.2) is 53.6 Å². The van der Waals surface area contributed by atoms with Gasteiger partial charge in [0.05, 0.1) is 6.04 Å². The molecule has 2 rings (SSSR count). The maximum atomic E-state index is 9.46. The summed E-state index contributed by atoms with van der Waals surface area (Å²) < 4.78 is 0. The number of hydrogen-bond donors (Lipinski definition) is 1. The first-order valence-electron chi connectivity index (χ1n) is 4.52. The van der Waals surface area contributed by atoms with E-state index >= 15 is 0 Å². The number of nitrogens with zero attached hydrogens (tertiary/aromatic N) is 1. The van der Waals surface area contributed by atoms with E-state index in [2.05, 4.69) is 4.99 Å². The average molecular weight is 185 g/mol. The second-order valence-corrected chi connectivity index (χ2v) is 3.10. The minimum absolute atomic E-state index is 0.120. The molecule has 70 valence electrons. The molecule has 0 saturated heterocycles. The number of hydrogen-bond acceptors (Lipinski definition) is 2. The van der Waals surface area contributed by atoms with E-state index in [9.17, 15) is 5.11 Å². The standard InChI is InChI=1S/C12H11NO/c14-12-8-4-1-5-10(12)9-13-11-6-2-3-7-11/h1-9,11,14H. The minimum Gasteiger partial charge on any atom is -0.507 e. The van der Waals surface area contributed by atoms with E-state index in [1.165, 1.54) is 0 Å².